The molecule has 0 spiro atoms. The smallest absolute Gasteiger partial charge is 0.134 e. The Morgan fingerprint density at radius 1 is 1.24 bits per heavy atom. The number of anilines is 1. The standard InChI is InChI=1S/C14H17NO2/c1-10-5-6-12(8-11(10)2)15-9-13(16)14-4-3-7-17-14/h3-8,13,15-16H,9H2,1-2H3. The Morgan fingerprint density at radius 2 is 2.06 bits per heavy atom. The van der Waals surface area contributed by atoms with E-state index in [1.165, 1.54) is 11.1 Å². The molecule has 17 heavy (non-hydrogen) atoms. The first-order valence-electron chi connectivity index (χ1n) is 5.69. The molecule has 2 rings (SSSR count). The van der Waals surface area contributed by atoms with Crippen molar-refractivity contribution in [3.05, 3.63) is 53.5 Å². The van der Waals surface area contributed by atoms with Crippen LogP contribution < -0.4 is 5.32 Å². The van der Waals surface area contributed by atoms with E-state index in [4.69, 9.17) is 4.42 Å². The van der Waals surface area contributed by atoms with Crippen LogP contribution in [0.1, 0.15) is 23.0 Å². The van der Waals surface area contributed by atoms with E-state index in [1.54, 1.807) is 18.4 Å². The molecule has 1 aromatic carbocycles. The first-order valence-corrected chi connectivity index (χ1v) is 5.69. The monoisotopic (exact) mass is 231 g/mol. The van der Waals surface area contributed by atoms with Gasteiger partial charge in [-0.15, -0.1) is 0 Å². The summed E-state index contributed by atoms with van der Waals surface area (Å²) < 4.78 is 5.14. The van der Waals surface area contributed by atoms with E-state index in [1.807, 2.05) is 6.07 Å². The van der Waals surface area contributed by atoms with Gasteiger partial charge in [-0.2, -0.15) is 0 Å². The third-order valence-corrected chi connectivity index (χ3v) is 2.88. The van der Waals surface area contributed by atoms with E-state index in [-0.39, 0.29) is 0 Å². The maximum Gasteiger partial charge on any atom is 0.134 e. The highest BCUT2D eigenvalue weighted by atomic mass is 16.4. The van der Waals surface area contributed by atoms with Crippen molar-refractivity contribution < 1.29 is 9.52 Å². The number of furan rings is 1. The molecule has 0 amide bonds. The summed E-state index contributed by atoms with van der Waals surface area (Å²) in [5.41, 5.74) is 3.52. The zero-order valence-electron chi connectivity index (χ0n) is 10.1. The van der Waals surface area contributed by atoms with Gasteiger partial charge in [0.25, 0.3) is 0 Å². The summed E-state index contributed by atoms with van der Waals surface area (Å²) >= 11 is 0. The highest BCUT2D eigenvalue weighted by Crippen LogP contribution is 2.17. The highest BCUT2D eigenvalue weighted by molar-refractivity contribution is 5.48. The number of benzene rings is 1. The fraction of sp³-hybridized carbons (Fsp3) is 0.286. The molecule has 2 N–H and O–H groups in total. The largest absolute Gasteiger partial charge is 0.467 e. The Labute approximate surface area is 101 Å². The SMILES string of the molecule is Cc1ccc(NCC(O)c2ccco2)cc1C. The van der Waals surface area contributed by atoms with Gasteiger partial charge in [-0.25, -0.2) is 0 Å². The van der Waals surface area contributed by atoms with Crippen LogP contribution in [0, 0.1) is 13.8 Å². The summed E-state index contributed by atoms with van der Waals surface area (Å²) in [6, 6.07) is 9.69. The Morgan fingerprint density at radius 3 is 2.71 bits per heavy atom. The summed E-state index contributed by atoms with van der Waals surface area (Å²) in [7, 11) is 0. The van der Waals surface area contributed by atoms with E-state index in [2.05, 4.69) is 31.3 Å². The van der Waals surface area contributed by atoms with Gasteiger partial charge >= 0.3 is 0 Å². The third kappa shape index (κ3) is 2.88. The van der Waals surface area contributed by atoms with E-state index in [0.29, 0.717) is 12.3 Å². The molecule has 0 saturated heterocycles. The second-order valence-electron chi connectivity index (χ2n) is 4.21. The number of nitrogens with one attached hydrogen (secondary N) is 1. The number of hydrogen-bond acceptors (Lipinski definition) is 3. The van der Waals surface area contributed by atoms with Crippen LogP contribution in [0.4, 0.5) is 5.69 Å². The lowest BCUT2D eigenvalue weighted by Gasteiger charge is -2.11. The van der Waals surface area contributed by atoms with Crippen LogP contribution in [0.15, 0.2) is 41.0 Å². The van der Waals surface area contributed by atoms with Gasteiger partial charge in [0.05, 0.1) is 6.26 Å². The van der Waals surface area contributed by atoms with Gasteiger partial charge in [0, 0.05) is 12.2 Å². The quantitative estimate of drug-likeness (QED) is 0.850. The second-order valence-corrected chi connectivity index (χ2v) is 4.21. The lowest BCUT2D eigenvalue weighted by molar-refractivity contribution is 0.162. The molecule has 90 valence electrons. The average Bonchev–Trinajstić information content (AvgIpc) is 2.84. The van der Waals surface area contributed by atoms with Crippen LogP contribution in [0.2, 0.25) is 0 Å². The maximum atomic E-state index is 9.84. The molecular formula is C14H17NO2. The molecule has 1 aromatic heterocycles. The highest BCUT2D eigenvalue weighted by Gasteiger charge is 2.09. The number of aliphatic hydroxyl groups is 1. The molecule has 0 aliphatic rings. The fourth-order valence-electron chi connectivity index (χ4n) is 1.65. The van der Waals surface area contributed by atoms with Crippen LogP contribution in [0.5, 0.6) is 0 Å². The molecule has 1 unspecified atom stereocenters. The zero-order valence-corrected chi connectivity index (χ0v) is 10.1. The first-order chi connectivity index (χ1) is 8.16. The summed E-state index contributed by atoms with van der Waals surface area (Å²) in [6.07, 6.45) is 0.945. The van der Waals surface area contributed by atoms with Crippen molar-refractivity contribution in [1.29, 1.82) is 0 Å². The van der Waals surface area contributed by atoms with Crippen molar-refractivity contribution in [2.24, 2.45) is 0 Å². The third-order valence-electron chi connectivity index (χ3n) is 2.88. The molecule has 0 radical (unpaired) electrons. The minimum atomic E-state index is -0.619. The minimum absolute atomic E-state index is 0.440. The van der Waals surface area contributed by atoms with Crippen LogP contribution in [0.25, 0.3) is 0 Å². The normalized spacial score (nSPS) is 12.4. The van der Waals surface area contributed by atoms with Crippen molar-refractivity contribution >= 4 is 5.69 Å². The van der Waals surface area contributed by atoms with E-state index < -0.39 is 6.10 Å². The summed E-state index contributed by atoms with van der Waals surface area (Å²) in [5, 5.41) is 13.0. The van der Waals surface area contributed by atoms with Crippen molar-refractivity contribution in [3.63, 3.8) is 0 Å². The van der Waals surface area contributed by atoms with Crippen LogP contribution >= 0.6 is 0 Å². The zero-order chi connectivity index (χ0) is 12.3. The van der Waals surface area contributed by atoms with Gasteiger partial charge in [0.1, 0.15) is 11.9 Å². The molecule has 0 fully saturated rings. The van der Waals surface area contributed by atoms with Gasteiger partial charge in [0.2, 0.25) is 0 Å². The number of hydrogen-bond donors (Lipinski definition) is 2. The Hall–Kier alpha value is -1.74. The number of aryl methyl sites for hydroxylation is 2. The molecule has 2 aromatic rings. The molecule has 3 heteroatoms. The molecule has 1 atom stereocenters. The number of aliphatic hydroxyl groups excluding tert-OH is 1. The minimum Gasteiger partial charge on any atom is -0.467 e. The van der Waals surface area contributed by atoms with Crippen molar-refractivity contribution in [1.82, 2.24) is 0 Å². The Balaban J connectivity index is 1.96. The molecule has 0 aliphatic heterocycles. The van der Waals surface area contributed by atoms with Crippen molar-refractivity contribution in [2.75, 3.05) is 11.9 Å². The van der Waals surface area contributed by atoms with Crippen molar-refractivity contribution in [3.8, 4) is 0 Å². The molecule has 0 bridgehead atoms. The van der Waals surface area contributed by atoms with E-state index >= 15 is 0 Å². The van der Waals surface area contributed by atoms with Crippen LogP contribution in [-0.2, 0) is 0 Å². The lowest BCUT2D eigenvalue weighted by atomic mass is 10.1. The summed E-state index contributed by atoms with van der Waals surface area (Å²) in [4.78, 5) is 0. The van der Waals surface area contributed by atoms with Gasteiger partial charge in [0.15, 0.2) is 0 Å². The predicted molar refractivity (Wildman–Crippen MR) is 68.1 cm³/mol. The Kier molecular flexibility index (Phi) is 3.49. The molecular weight excluding hydrogens is 214 g/mol. The molecule has 0 saturated carbocycles. The Bertz CT molecular complexity index is 477. The number of rotatable bonds is 4. The predicted octanol–water partition coefficient (Wildman–Crippen LogP) is 3.04. The van der Waals surface area contributed by atoms with Gasteiger partial charge < -0.3 is 14.8 Å². The second kappa shape index (κ2) is 5.06. The van der Waals surface area contributed by atoms with Gasteiger partial charge in [-0.05, 0) is 49.2 Å². The van der Waals surface area contributed by atoms with Gasteiger partial charge in [-0.3, -0.25) is 0 Å². The van der Waals surface area contributed by atoms with Crippen LogP contribution in [-0.4, -0.2) is 11.7 Å². The molecule has 1 heterocycles. The lowest BCUT2D eigenvalue weighted by Crippen LogP contribution is -2.11. The molecule has 0 aliphatic carbocycles. The first kappa shape index (κ1) is 11.7. The van der Waals surface area contributed by atoms with Crippen LogP contribution in [0.3, 0.4) is 0 Å². The van der Waals surface area contributed by atoms with E-state index in [0.717, 1.165) is 5.69 Å². The topological polar surface area (TPSA) is 45.4 Å². The summed E-state index contributed by atoms with van der Waals surface area (Å²) in [6.45, 7) is 4.59. The van der Waals surface area contributed by atoms with Crippen molar-refractivity contribution in [2.45, 2.75) is 20.0 Å². The fourth-order valence-corrected chi connectivity index (χ4v) is 1.65. The maximum absolute atomic E-state index is 9.84. The average molecular weight is 231 g/mol. The summed E-state index contributed by atoms with van der Waals surface area (Å²) in [5.74, 6) is 0.585. The van der Waals surface area contributed by atoms with Gasteiger partial charge in [-0.1, -0.05) is 6.07 Å². The molecule has 3 nitrogen and oxygen atoms in total. The van der Waals surface area contributed by atoms with E-state index in [9.17, 15) is 5.11 Å².